The fourth-order valence-corrected chi connectivity index (χ4v) is 2.72. The van der Waals surface area contributed by atoms with Crippen LogP contribution in [0.2, 0.25) is 10.0 Å². The monoisotopic (exact) mass is 378 g/mol. The van der Waals surface area contributed by atoms with E-state index in [-0.39, 0.29) is 16.3 Å². The van der Waals surface area contributed by atoms with Gasteiger partial charge in [-0.25, -0.2) is 14.1 Å². The van der Waals surface area contributed by atoms with Crippen molar-refractivity contribution in [3.05, 3.63) is 69.5 Å². The molecule has 1 fully saturated rings. The number of anilines is 1. The molecule has 0 spiro atoms. The van der Waals surface area contributed by atoms with Crippen LogP contribution in [0.15, 0.2) is 48.0 Å². The van der Waals surface area contributed by atoms with Gasteiger partial charge in [0.1, 0.15) is 11.4 Å². The van der Waals surface area contributed by atoms with Crippen LogP contribution >= 0.6 is 23.2 Å². The first-order valence-corrected chi connectivity index (χ1v) is 7.74. The molecule has 1 N–H and O–H groups in total. The van der Waals surface area contributed by atoms with E-state index in [1.165, 1.54) is 30.3 Å². The number of amides is 4. The number of nitrogens with one attached hydrogen (secondary N) is 1. The summed E-state index contributed by atoms with van der Waals surface area (Å²) < 4.78 is 13.1. The predicted molar refractivity (Wildman–Crippen MR) is 91.9 cm³/mol. The van der Waals surface area contributed by atoms with Gasteiger partial charge in [-0.1, -0.05) is 29.3 Å². The minimum atomic E-state index is -0.916. The minimum absolute atomic E-state index is 0.129. The summed E-state index contributed by atoms with van der Waals surface area (Å²) in [6, 6.07) is 8.36. The van der Waals surface area contributed by atoms with Crippen LogP contribution in [0, 0.1) is 5.82 Å². The number of carbonyl (C=O) groups excluding carboxylic acids is 3. The lowest BCUT2D eigenvalue weighted by molar-refractivity contribution is -0.122. The number of carbonyl (C=O) groups is 3. The van der Waals surface area contributed by atoms with Crippen molar-refractivity contribution in [3.8, 4) is 0 Å². The smallest absolute Gasteiger partial charge is 0.273 e. The van der Waals surface area contributed by atoms with E-state index in [2.05, 4.69) is 5.32 Å². The zero-order chi connectivity index (χ0) is 18.1. The third-order valence-corrected chi connectivity index (χ3v) is 4.01. The first-order chi connectivity index (χ1) is 11.9. The average molecular weight is 379 g/mol. The summed E-state index contributed by atoms with van der Waals surface area (Å²) in [6.07, 6.45) is 1.26. The second kappa shape index (κ2) is 6.66. The van der Waals surface area contributed by atoms with Gasteiger partial charge >= 0.3 is 6.03 Å². The van der Waals surface area contributed by atoms with Gasteiger partial charge in [-0.3, -0.25) is 14.9 Å². The van der Waals surface area contributed by atoms with E-state index < -0.39 is 23.7 Å². The van der Waals surface area contributed by atoms with Crippen LogP contribution in [0.3, 0.4) is 0 Å². The molecule has 0 radical (unpaired) electrons. The van der Waals surface area contributed by atoms with Crippen molar-refractivity contribution in [1.29, 1.82) is 0 Å². The van der Waals surface area contributed by atoms with Crippen molar-refractivity contribution in [2.75, 3.05) is 4.90 Å². The second-order valence-corrected chi connectivity index (χ2v) is 5.94. The first kappa shape index (κ1) is 17.1. The molecule has 0 aromatic heterocycles. The topological polar surface area (TPSA) is 66.5 Å². The summed E-state index contributed by atoms with van der Waals surface area (Å²) in [6.45, 7) is 0. The predicted octanol–water partition coefficient (Wildman–Crippen LogP) is 3.80. The molecule has 4 amide bonds. The number of rotatable bonds is 2. The van der Waals surface area contributed by atoms with Crippen molar-refractivity contribution in [1.82, 2.24) is 5.32 Å². The van der Waals surface area contributed by atoms with E-state index in [0.29, 0.717) is 10.6 Å². The molecule has 5 nitrogen and oxygen atoms in total. The van der Waals surface area contributed by atoms with Crippen LogP contribution < -0.4 is 10.2 Å². The number of urea groups is 1. The van der Waals surface area contributed by atoms with Crippen molar-refractivity contribution in [3.63, 3.8) is 0 Å². The van der Waals surface area contributed by atoms with Gasteiger partial charge in [0.25, 0.3) is 11.8 Å². The molecule has 8 heteroatoms. The van der Waals surface area contributed by atoms with E-state index >= 15 is 0 Å². The number of imide groups is 2. The highest BCUT2D eigenvalue weighted by molar-refractivity contribution is 6.40. The lowest BCUT2D eigenvalue weighted by atomic mass is 10.1. The summed E-state index contributed by atoms with van der Waals surface area (Å²) in [5.74, 6) is -2.21. The van der Waals surface area contributed by atoms with Crippen LogP contribution in [0.1, 0.15) is 5.56 Å². The maximum absolute atomic E-state index is 13.1. The van der Waals surface area contributed by atoms with Gasteiger partial charge in [0, 0.05) is 10.0 Å². The Bertz CT molecular complexity index is 926. The van der Waals surface area contributed by atoms with Crippen molar-refractivity contribution < 1.29 is 18.8 Å². The Morgan fingerprint density at radius 3 is 2.32 bits per heavy atom. The Morgan fingerprint density at radius 1 is 1.00 bits per heavy atom. The van der Waals surface area contributed by atoms with Gasteiger partial charge < -0.3 is 0 Å². The Kier molecular flexibility index (Phi) is 4.57. The van der Waals surface area contributed by atoms with Gasteiger partial charge in [0.2, 0.25) is 0 Å². The minimum Gasteiger partial charge on any atom is -0.273 e. The number of halogens is 3. The molecule has 2 aromatic carbocycles. The number of hydrogen-bond acceptors (Lipinski definition) is 3. The summed E-state index contributed by atoms with van der Waals surface area (Å²) in [5.41, 5.74) is 0.232. The van der Waals surface area contributed by atoms with Crippen LogP contribution in [-0.2, 0) is 9.59 Å². The number of benzene rings is 2. The molecule has 0 saturated carbocycles. The van der Waals surface area contributed by atoms with Crippen molar-refractivity contribution in [2.45, 2.75) is 0 Å². The molecule has 25 heavy (non-hydrogen) atoms. The lowest BCUT2D eigenvalue weighted by Gasteiger charge is -2.26. The van der Waals surface area contributed by atoms with E-state index in [9.17, 15) is 18.8 Å². The van der Waals surface area contributed by atoms with E-state index in [1.54, 1.807) is 6.07 Å². The highest BCUT2D eigenvalue weighted by atomic mass is 35.5. The van der Waals surface area contributed by atoms with Crippen molar-refractivity contribution in [2.24, 2.45) is 0 Å². The Morgan fingerprint density at radius 2 is 1.68 bits per heavy atom. The zero-order valence-electron chi connectivity index (χ0n) is 12.4. The maximum Gasteiger partial charge on any atom is 0.335 e. The molecule has 1 aliphatic heterocycles. The lowest BCUT2D eigenvalue weighted by Crippen LogP contribution is -2.54. The maximum atomic E-state index is 13.1. The largest absolute Gasteiger partial charge is 0.335 e. The second-order valence-electron chi connectivity index (χ2n) is 5.10. The summed E-state index contributed by atoms with van der Waals surface area (Å²) in [5, 5.41) is 2.71. The third kappa shape index (κ3) is 3.40. The summed E-state index contributed by atoms with van der Waals surface area (Å²) >= 11 is 11.9. The highest BCUT2D eigenvalue weighted by Gasteiger charge is 2.36. The standard InChI is InChI=1S/C17H9Cl2FN2O3/c18-10-2-1-9(14(19)8-10)7-13-15(23)21-17(25)22(16(13)24)12-5-3-11(20)4-6-12/h1-8H,(H,21,23,25)/b13-7+. The summed E-state index contributed by atoms with van der Waals surface area (Å²) in [4.78, 5) is 37.4. The van der Waals surface area contributed by atoms with Crippen LogP contribution in [-0.4, -0.2) is 17.8 Å². The van der Waals surface area contributed by atoms with Gasteiger partial charge in [-0.2, -0.15) is 0 Å². The first-order valence-electron chi connectivity index (χ1n) is 6.99. The Labute approximate surface area is 151 Å². The van der Waals surface area contributed by atoms with E-state index in [1.807, 2.05) is 0 Å². The average Bonchev–Trinajstić information content (AvgIpc) is 2.55. The molecule has 0 unspecified atom stereocenters. The van der Waals surface area contributed by atoms with Crippen LogP contribution in [0.4, 0.5) is 14.9 Å². The van der Waals surface area contributed by atoms with Gasteiger partial charge in [0.15, 0.2) is 0 Å². The molecule has 126 valence electrons. The fourth-order valence-electron chi connectivity index (χ4n) is 2.26. The van der Waals surface area contributed by atoms with E-state index in [4.69, 9.17) is 23.2 Å². The Hall–Kier alpha value is -2.70. The molecular weight excluding hydrogens is 370 g/mol. The zero-order valence-corrected chi connectivity index (χ0v) is 13.9. The molecule has 1 aliphatic rings. The molecule has 3 rings (SSSR count). The highest BCUT2D eigenvalue weighted by Crippen LogP contribution is 2.26. The quantitative estimate of drug-likeness (QED) is 0.638. The van der Waals surface area contributed by atoms with Crippen LogP contribution in [0.5, 0.6) is 0 Å². The van der Waals surface area contributed by atoms with Gasteiger partial charge in [-0.15, -0.1) is 0 Å². The molecule has 0 bridgehead atoms. The molecule has 1 heterocycles. The Balaban J connectivity index is 2.03. The van der Waals surface area contributed by atoms with E-state index in [0.717, 1.165) is 17.0 Å². The van der Waals surface area contributed by atoms with Gasteiger partial charge in [-0.05, 0) is 48.0 Å². The third-order valence-electron chi connectivity index (χ3n) is 3.45. The molecule has 1 saturated heterocycles. The SMILES string of the molecule is O=C1NC(=O)N(c2ccc(F)cc2)C(=O)/C1=C/c1ccc(Cl)cc1Cl. The number of barbiturate groups is 1. The molecule has 0 atom stereocenters. The summed E-state index contributed by atoms with van der Waals surface area (Å²) in [7, 11) is 0. The number of nitrogens with zero attached hydrogens (tertiary/aromatic N) is 1. The van der Waals surface area contributed by atoms with Gasteiger partial charge in [0.05, 0.1) is 5.69 Å². The van der Waals surface area contributed by atoms with Crippen LogP contribution in [0.25, 0.3) is 6.08 Å². The molecule has 0 aliphatic carbocycles. The fraction of sp³-hybridized carbons (Fsp3) is 0. The molecular formula is C17H9Cl2FN2O3. The number of hydrogen-bond donors (Lipinski definition) is 1. The normalized spacial score (nSPS) is 16.4. The van der Waals surface area contributed by atoms with Crippen molar-refractivity contribution >= 4 is 52.8 Å². The molecule has 2 aromatic rings.